The van der Waals surface area contributed by atoms with Crippen LogP contribution in [0.2, 0.25) is 0 Å². The minimum atomic E-state index is -1.01. The van der Waals surface area contributed by atoms with Crippen molar-refractivity contribution in [3.05, 3.63) is 48.3 Å². The van der Waals surface area contributed by atoms with Crippen LogP contribution < -0.4 is 11.1 Å². The maximum atomic E-state index is 10.6. The Labute approximate surface area is 110 Å². The first-order valence-corrected chi connectivity index (χ1v) is 5.95. The van der Waals surface area contributed by atoms with Crippen LogP contribution in [0.3, 0.4) is 0 Å². The molecule has 0 fully saturated rings. The highest BCUT2D eigenvalue weighted by Gasteiger charge is 2.11. The van der Waals surface area contributed by atoms with Gasteiger partial charge in [0.25, 0.3) is 0 Å². The van der Waals surface area contributed by atoms with Crippen LogP contribution in [0.4, 0.5) is 0 Å². The van der Waals surface area contributed by atoms with Gasteiger partial charge in [0.2, 0.25) is 0 Å². The van der Waals surface area contributed by atoms with Gasteiger partial charge in [-0.3, -0.25) is 4.79 Å². The summed E-state index contributed by atoms with van der Waals surface area (Å²) in [5.74, 6) is -1.01. The van der Waals surface area contributed by atoms with Gasteiger partial charge in [-0.25, -0.2) is 4.68 Å². The van der Waals surface area contributed by atoms with Gasteiger partial charge in [0, 0.05) is 25.5 Å². The second kappa shape index (κ2) is 6.12. The van der Waals surface area contributed by atoms with Gasteiger partial charge in [-0.05, 0) is 17.7 Å². The molecule has 0 saturated heterocycles. The van der Waals surface area contributed by atoms with E-state index in [4.69, 9.17) is 10.8 Å². The lowest BCUT2D eigenvalue weighted by molar-refractivity contribution is -0.138. The van der Waals surface area contributed by atoms with Crippen molar-refractivity contribution < 1.29 is 9.90 Å². The van der Waals surface area contributed by atoms with Crippen molar-refractivity contribution in [3.8, 4) is 5.69 Å². The Kier molecular flexibility index (Phi) is 4.27. The number of carboxylic acid groups (broad SMARTS) is 1. The molecule has 6 heteroatoms. The molecule has 0 aliphatic heterocycles. The molecule has 4 N–H and O–H groups in total. The third kappa shape index (κ3) is 3.40. The van der Waals surface area contributed by atoms with E-state index in [2.05, 4.69) is 10.4 Å². The summed E-state index contributed by atoms with van der Waals surface area (Å²) in [6.45, 7) is 0.764. The summed E-state index contributed by atoms with van der Waals surface area (Å²) >= 11 is 0. The Morgan fingerprint density at radius 3 is 2.89 bits per heavy atom. The van der Waals surface area contributed by atoms with E-state index < -0.39 is 12.0 Å². The number of hydrogen-bond donors (Lipinski definition) is 3. The molecule has 1 unspecified atom stereocenters. The van der Waals surface area contributed by atoms with Gasteiger partial charge in [-0.1, -0.05) is 18.2 Å². The van der Waals surface area contributed by atoms with E-state index >= 15 is 0 Å². The number of para-hydroxylation sites is 1. The Bertz CT molecular complexity index is 539. The summed E-state index contributed by atoms with van der Waals surface area (Å²) in [5, 5.41) is 15.9. The van der Waals surface area contributed by atoms with Gasteiger partial charge in [-0.15, -0.1) is 0 Å². The zero-order valence-electron chi connectivity index (χ0n) is 10.4. The number of hydrogen-bond acceptors (Lipinski definition) is 4. The summed E-state index contributed by atoms with van der Waals surface area (Å²) in [6.07, 6.45) is 3.58. The fourth-order valence-corrected chi connectivity index (χ4v) is 1.74. The van der Waals surface area contributed by atoms with Crippen LogP contribution in [0, 0.1) is 0 Å². The Morgan fingerprint density at radius 2 is 2.21 bits per heavy atom. The minimum absolute atomic E-state index is 0.225. The molecule has 0 saturated carbocycles. The summed E-state index contributed by atoms with van der Waals surface area (Å²) < 4.78 is 1.77. The molecule has 0 aliphatic rings. The van der Waals surface area contributed by atoms with Crippen LogP contribution >= 0.6 is 0 Å². The van der Waals surface area contributed by atoms with E-state index in [9.17, 15) is 4.79 Å². The molecule has 0 spiro atoms. The van der Waals surface area contributed by atoms with Gasteiger partial charge in [0.1, 0.15) is 6.04 Å². The van der Waals surface area contributed by atoms with Crippen LogP contribution in [0.25, 0.3) is 5.69 Å². The maximum absolute atomic E-state index is 10.6. The molecule has 0 amide bonds. The van der Waals surface area contributed by atoms with Gasteiger partial charge in [-0.2, -0.15) is 5.10 Å². The normalized spacial score (nSPS) is 12.3. The van der Waals surface area contributed by atoms with E-state index in [0.29, 0.717) is 6.54 Å². The van der Waals surface area contributed by atoms with Crippen molar-refractivity contribution in [2.45, 2.75) is 12.6 Å². The van der Waals surface area contributed by atoms with E-state index in [1.807, 2.05) is 36.5 Å². The largest absolute Gasteiger partial charge is 0.480 e. The van der Waals surface area contributed by atoms with Crippen molar-refractivity contribution >= 4 is 5.97 Å². The van der Waals surface area contributed by atoms with E-state index in [0.717, 1.165) is 11.3 Å². The lowest BCUT2D eigenvalue weighted by Crippen LogP contribution is -2.40. The lowest BCUT2D eigenvalue weighted by atomic mass is 10.1. The maximum Gasteiger partial charge on any atom is 0.321 e. The zero-order chi connectivity index (χ0) is 13.7. The molecule has 0 bridgehead atoms. The predicted molar refractivity (Wildman–Crippen MR) is 70.9 cm³/mol. The number of carboxylic acids is 1. The van der Waals surface area contributed by atoms with E-state index in [1.54, 1.807) is 10.9 Å². The molecule has 0 aliphatic carbocycles. The number of carbonyl (C=O) groups is 1. The molecule has 100 valence electrons. The van der Waals surface area contributed by atoms with Crippen LogP contribution in [-0.2, 0) is 11.3 Å². The standard InChI is InChI=1S/C13H16N4O2/c14-11(13(18)19)9-15-8-10-4-1-2-5-12(10)17-7-3-6-16-17/h1-7,11,15H,8-9,14H2,(H,18,19). The summed E-state index contributed by atoms with van der Waals surface area (Å²) in [7, 11) is 0. The highest BCUT2D eigenvalue weighted by Crippen LogP contribution is 2.12. The smallest absolute Gasteiger partial charge is 0.321 e. The van der Waals surface area contributed by atoms with Gasteiger partial charge < -0.3 is 16.2 Å². The Balaban J connectivity index is 2.03. The molecule has 2 rings (SSSR count). The second-order valence-corrected chi connectivity index (χ2v) is 4.15. The minimum Gasteiger partial charge on any atom is -0.480 e. The number of benzene rings is 1. The third-order valence-corrected chi connectivity index (χ3v) is 2.74. The van der Waals surface area contributed by atoms with Crippen molar-refractivity contribution in [2.24, 2.45) is 5.73 Å². The Hall–Kier alpha value is -2.18. The van der Waals surface area contributed by atoms with E-state index in [1.165, 1.54) is 0 Å². The molecular weight excluding hydrogens is 244 g/mol. The quantitative estimate of drug-likeness (QED) is 0.698. The number of nitrogens with two attached hydrogens (primary N) is 1. The first-order chi connectivity index (χ1) is 9.18. The first-order valence-electron chi connectivity index (χ1n) is 5.95. The van der Waals surface area contributed by atoms with Crippen molar-refractivity contribution in [3.63, 3.8) is 0 Å². The monoisotopic (exact) mass is 260 g/mol. The fraction of sp³-hybridized carbons (Fsp3) is 0.231. The fourth-order valence-electron chi connectivity index (χ4n) is 1.74. The van der Waals surface area contributed by atoms with E-state index in [-0.39, 0.29) is 6.54 Å². The second-order valence-electron chi connectivity index (χ2n) is 4.15. The van der Waals surface area contributed by atoms with Crippen LogP contribution in [0.15, 0.2) is 42.7 Å². The average molecular weight is 260 g/mol. The van der Waals surface area contributed by atoms with Gasteiger partial charge in [0.15, 0.2) is 0 Å². The van der Waals surface area contributed by atoms with Crippen molar-refractivity contribution in [1.29, 1.82) is 0 Å². The number of aliphatic carboxylic acids is 1. The predicted octanol–water partition coefficient (Wildman–Crippen LogP) is 0.374. The molecule has 0 radical (unpaired) electrons. The van der Waals surface area contributed by atoms with Crippen molar-refractivity contribution in [1.82, 2.24) is 15.1 Å². The van der Waals surface area contributed by atoms with Crippen molar-refractivity contribution in [2.75, 3.05) is 6.54 Å². The molecule has 1 heterocycles. The topological polar surface area (TPSA) is 93.2 Å². The van der Waals surface area contributed by atoms with Crippen LogP contribution in [-0.4, -0.2) is 33.4 Å². The number of nitrogens with zero attached hydrogens (tertiary/aromatic N) is 2. The molecular formula is C13H16N4O2. The lowest BCUT2D eigenvalue weighted by Gasteiger charge is -2.12. The molecule has 2 aromatic rings. The van der Waals surface area contributed by atoms with Gasteiger partial charge >= 0.3 is 5.97 Å². The van der Waals surface area contributed by atoms with Gasteiger partial charge in [0.05, 0.1) is 5.69 Å². The molecule has 1 aromatic carbocycles. The number of rotatable bonds is 6. The SMILES string of the molecule is NC(CNCc1ccccc1-n1cccn1)C(=O)O. The average Bonchev–Trinajstić information content (AvgIpc) is 2.93. The molecule has 6 nitrogen and oxygen atoms in total. The highest BCUT2D eigenvalue weighted by atomic mass is 16.4. The van der Waals surface area contributed by atoms with Crippen LogP contribution in [0.5, 0.6) is 0 Å². The Morgan fingerprint density at radius 1 is 1.42 bits per heavy atom. The first kappa shape index (κ1) is 13.3. The summed E-state index contributed by atoms with van der Waals surface area (Å²) in [4.78, 5) is 10.6. The number of aromatic nitrogens is 2. The molecule has 19 heavy (non-hydrogen) atoms. The number of nitrogens with one attached hydrogen (secondary N) is 1. The third-order valence-electron chi connectivity index (χ3n) is 2.74. The summed E-state index contributed by atoms with van der Waals surface area (Å²) in [5.41, 5.74) is 7.43. The highest BCUT2D eigenvalue weighted by molar-refractivity contribution is 5.73. The zero-order valence-corrected chi connectivity index (χ0v) is 10.4. The van der Waals surface area contributed by atoms with Crippen LogP contribution in [0.1, 0.15) is 5.56 Å². The summed E-state index contributed by atoms with van der Waals surface area (Å²) in [6, 6.07) is 8.75. The molecule has 1 atom stereocenters. The molecule has 1 aromatic heterocycles.